The largest absolute Gasteiger partial charge is 0.368 e. The first kappa shape index (κ1) is 65.2. The summed E-state index contributed by atoms with van der Waals surface area (Å²) in [6, 6.07) is 17.4. The number of aromatic nitrogens is 2. The zero-order valence-electron chi connectivity index (χ0n) is 50.2. The van der Waals surface area contributed by atoms with Gasteiger partial charge in [-0.3, -0.25) is 64.4 Å². The number of unbranched alkanes of at least 4 members (excludes halogenated alkanes) is 1. The number of carbonyl (C=O) groups is 10. The maximum Gasteiger partial charge on any atom is 0.338 e. The van der Waals surface area contributed by atoms with E-state index in [9.17, 15) is 33.6 Å². The molecule has 2 aliphatic rings. The van der Waals surface area contributed by atoms with Crippen molar-refractivity contribution in [3.05, 3.63) is 120 Å². The minimum absolute atomic E-state index is 0.00902. The predicted molar refractivity (Wildman–Crippen MR) is 334 cm³/mol. The van der Waals surface area contributed by atoms with Crippen molar-refractivity contribution in [2.24, 2.45) is 17.2 Å². The summed E-state index contributed by atoms with van der Waals surface area (Å²) in [7, 11) is 0. The van der Waals surface area contributed by atoms with Crippen molar-refractivity contribution in [2.45, 2.75) is 152 Å². The van der Waals surface area contributed by atoms with Crippen molar-refractivity contribution in [2.75, 3.05) is 19.6 Å². The van der Waals surface area contributed by atoms with E-state index in [1.807, 2.05) is 97.9 Å². The van der Waals surface area contributed by atoms with Crippen LogP contribution in [-0.2, 0) is 67.2 Å². The molecule has 2 aromatic heterocycles. The van der Waals surface area contributed by atoms with Crippen LogP contribution in [0.5, 0.6) is 0 Å². The van der Waals surface area contributed by atoms with Crippen LogP contribution in [0, 0.1) is 0 Å². The third-order valence-corrected chi connectivity index (χ3v) is 16.3. The number of aromatic amines is 2. The van der Waals surface area contributed by atoms with E-state index in [4.69, 9.17) is 17.2 Å². The monoisotopic (exact) mass is 1220 g/mol. The maximum absolute atomic E-state index is 15.4. The van der Waals surface area contributed by atoms with E-state index in [0.29, 0.717) is 36.0 Å². The van der Waals surface area contributed by atoms with Crippen molar-refractivity contribution in [3.8, 4) is 0 Å². The molecule has 25 heteroatoms. The fourth-order valence-electron chi connectivity index (χ4n) is 11.6. The number of nitrogens with one attached hydrogen (secondary N) is 11. The smallest absolute Gasteiger partial charge is 0.338 e. The normalized spacial score (nSPS) is 21.8. The summed E-state index contributed by atoms with van der Waals surface area (Å²) in [5, 5.41) is 25.6. The number of nitrogens with zero attached hydrogens (tertiary/aromatic N) is 1. The molecule has 0 spiro atoms. The average Bonchev–Trinajstić information content (AvgIpc) is 2.26. The molecule has 6 aromatic rings. The summed E-state index contributed by atoms with van der Waals surface area (Å²) in [5.74, 6) is -7.41. The molecule has 0 bridgehead atoms. The highest BCUT2D eigenvalue weighted by Crippen LogP contribution is 2.25. The van der Waals surface area contributed by atoms with E-state index >= 15 is 14.4 Å². The van der Waals surface area contributed by atoms with Gasteiger partial charge < -0.3 is 63.1 Å². The van der Waals surface area contributed by atoms with E-state index in [1.54, 1.807) is 12.4 Å². The molecule has 4 aromatic carbocycles. The molecule has 0 radical (unpaired) electrons. The SMILES string of the molecule is CCCC[C@H](NC(C)=O)C(=O)N[C@H]1CC(=O)NCCCC[C@@H](C(N)=O)NC(=O)[C@H](Cc2c[nH]c3ccccc23)NC(=O)[C@H](CCC[NH+]=C(N)N)NC(=O)[C@@H](Cc2ccc3ccccc3c2)NC(=O)[C@@H]2CCCN2C(=O)[C@H](Cc2c[nH]c3ccccc23)NC1=O. The van der Waals surface area contributed by atoms with Crippen LogP contribution in [0.1, 0.15) is 101 Å². The highest BCUT2D eigenvalue weighted by atomic mass is 16.2. The summed E-state index contributed by atoms with van der Waals surface area (Å²) in [5.41, 5.74) is 20.8. The number of hydrogen-bond donors (Lipinski definition) is 14. The average molecular weight is 1220 g/mol. The van der Waals surface area contributed by atoms with Crippen LogP contribution in [0.15, 0.2) is 103 Å². The molecule has 0 unspecified atom stereocenters. The van der Waals surface area contributed by atoms with Crippen LogP contribution in [0.4, 0.5) is 0 Å². The molecule has 10 amide bonds. The molecule has 2 fully saturated rings. The Hall–Kier alpha value is -9.81. The number of H-pyrrole nitrogens is 2. The molecule has 0 aliphatic carbocycles. The van der Waals surface area contributed by atoms with Crippen LogP contribution >= 0.6 is 0 Å². The topological polar surface area (TPSA) is 394 Å². The Morgan fingerprint density at radius 2 is 1.26 bits per heavy atom. The molecule has 8 rings (SSSR count). The highest BCUT2D eigenvalue weighted by molar-refractivity contribution is 6.00. The predicted octanol–water partition coefficient (Wildman–Crippen LogP) is -0.265. The molecule has 8 atom stereocenters. The Balaban J connectivity index is 1.17. The number of amides is 10. The molecular weight excluding hydrogens is 1140 g/mol. The van der Waals surface area contributed by atoms with E-state index in [-0.39, 0.29) is 89.8 Å². The Kier molecular flexibility index (Phi) is 22.8. The van der Waals surface area contributed by atoms with Crippen LogP contribution in [0.25, 0.3) is 32.6 Å². The van der Waals surface area contributed by atoms with Gasteiger partial charge in [-0.25, -0.2) is 0 Å². The van der Waals surface area contributed by atoms with Gasteiger partial charge in [-0.2, -0.15) is 0 Å². The molecule has 17 N–H and O–H groups in total. The fraction of sp³-hybridized carbons (Fsp3) is 0.422. The molecule has 25 nitrogen and oxygen atoms in total. The molecule has 472 valence electrons. The van der Waals surface area contributed by atoms with E-state index in [1.165, 1.54) is 11.8 Å². The molecule has 4 heterocycles. The number of nitrogens with two attached hydrogens (primary N) is 3. The number of carbonyl (C=O) groups excluding carboxylic acids is 10. The molecular formula is C64H82N15O10+. The lowest BCUT2D eigenvalue weighted by Crippen LogP contribution is -2.78. The van der Waals surface area contributed by atoms with Crippen LogP contribution in [0.2, 0.25) is 0 Å². The third kappa shape index (κ3) is 17.9. The maximum atomic E-state index is 15.4. The number of rotatable bonds is 17. The van der Waals surface area contributed by atoms with Crippen molar-refractivity contribution < 1.29 is 52.9 Å². The molecule has 89 heavy (non-hydrogen) atoms. The fourth-order valence-corrected chi connectivity index (χ4v) is 11.6. The van der Waals surface area contributed by atoms with Crippen molar-refractivity contribution in [1.29, 1.82) is 0 Å². The summed E-state index contributed by atoms with van der Waals surface area (Å²) in [4.78, 5) is 154. The van der Waals surface area contributed by atoms with Crippen molar-refractivity contribution in [1.82, 2.24) is 57.4 Å². The van der Waals surface area contributed by atoms with Gasteiger partial charge in [0, 0.05) is 73.5 Å². The van der Waals surface area contributed by atoms with Crippen molar-refractivity contribution >= 4 is 97.6 Å². The van der Waals surface area contributed by atoms with Gasteiger partial charge >= 0.3 is 5.96 Å². The number of fused-ring (bicyclic) bond motifs is 4. The first-order valence-electron chi connectivity index (χ1n) is 30.5. The second-order valence-corrected chi connectivity index (χ2v) is 22.9. The lowest BCUT2D eigenvalue weighted by molar-refractivity contribution is -0.459. The zero-order valence-corrected chi connectivity index (χ0v) is 50.2. The van der Waals surface area contributed by atoms with Crippen molar-refractivity contribution in [3.63, 3.8) is 0 Å². The number of hydrogen-bond acceptors (Lipinski definition) is 10. The summed E-state index contributed by atoms with van der Waals surface area (Å²) in [6.07, 6.45) is 5.21. The van der Waals surface area contributed by atoms with E-state index in [0.717, 1.165) is 32.6 Å². The Morgan fingerprint density at radius 1 is 0.652 bits per heavy atom. The van der Waals surface area contributed by atoms with Gasteiger partial charge in [0.15, 0.2) is 0 Å². The van der Waals surface area contributed by atoms with Gasteiger partial charge in [-0.15, -0.1) is 0 Å². The van der Waals surface area contributed by atoms with Crippen LogP contribution in [0.3, 0.4) is 0 Å². The minimum Gasteiger partial charge on any atom is -0.368 e. The highest BCUT2D eigenvalue weighted by Gasteiger charge is 2.41. The number of guanidine groups is 1. The number of para-hydroxylation sites is 2. The van der Waals surface area contributed by atoms with Gasteiger partial charge in [0.2, 0.25) is 59.1 Å². The number of primary amides is 1. The standard InChI is InChI=1S/C64H81N15O10/c1-3-4-19-48(72-37(2)80)57(83)76-52-34-55(81)68-27-12-11-22-47(56(65)82)73-60(86)51(32-41-35-70-45-20-9-7-17-43(41)45)75-58(84)49(23-13-28-69-64(66)67)74-59(85)50(31-38-25-26-39-15-5-6-16-40(39)30-38)77-62(88)54-24-14-29-79(54)63(89)53(78-61(52)87)33-42-36-71-46-21-10-8-18-44(42)46/h5-10,15-18,20-21,25-26,30,35-36,47-54,70-71H,3-4,11-14,19,22-24,27-29,31-34H2,1-2H3,(H2,65,82)(H,68,81)(H,72,80)(H,73,86)(H,74,85)(H,75,84)(H,76,83)(H,77,88)(H,78,87)(H4,66,67,69)/p+1/t47-,48-,49-,50+,51-,52-,53-,54-/m0/s1. The molecule has 2 saturated heterocycles. The first-order chi connectivity index (χ1) is 42.8. The zero-order chi connectivity index (χ0) is 63.6. The van der Waals surface area contributed by atoms with Crippen LogP contribution < -0.4 is 64.7 Å². The second kappa shape index (κ2) is 31.2. The molecule has 0 saturated carbocycles. The second-order valence-electron chi connectivity index (χ2n) is 22.9. The summed E-state index contributed by atoms with van der Waals surface area (Å²) < 4.78 is 0. The minimum atomic E-state index is -1.59. The van der Waals surface area contributed by atoms with Gasteiger partial charge in [0.1, 0.15) is 48.3 Å². The van der Waals surface area contributed by atoms with E-state index < -0.39 is 114 Å². The summed E-state index contributed by atoms with van der Waals surface area (Å²) in [6.45, 7) is 3.45. The van der Waals surface area contributed by atoms with Gasteiger partial charge in [0.05, 0.1) is 13.0 Å². The third-order valence-electron chi connectivity index (χ3n) is 16.3. The Labute approximate surface area is 515 Å². The van der Waals surface area contributed by atoms with Gasteiger partial charge in [-0.05, 0) is 91.0 Å². The first-order valence-corrected chi connectivity index (χ1v) is 30.5. The van der Waals surface area contributed by atoms with Gasteiger partial charge in [0.25, 0.3) is 0 Å². The van der Waals surface area contributed by atoms with E-state index in [2.05, 4.69) is 57.5 Å². The lowest BCUT2D eigenvalue weighted by atomic mass is 9.99. The Bertz CT molecular complexity index is 3580. The van der Waals surface area contributed by atoms with Crippen LogP contribution in [-0.4, -0.2) is 148 Å². The summed E-state index contributed by atoms with van der Waals surface area (Å²) >= 11 is 0. The Morgan fingerprint density at radius 3 is 1.93 bits per heavy atom. The number of benzene rings is 4. The lowest BCUT2D eigenvalue weighted by Gasteiger charge is -2.31. The quantitative estimate of drug-likeness (QED) is 0.0319. The molecule has 2 aliphatic heterocycles. The van der Waals surface area contributed by atoms with Gasteiger partial charge in [-0.1, -0.05) is 98.6 Å².